The van der Waals surface area contributed by atoms with Gasteiger partial charge in [-0.1, -0.05) is 22.9 Å². The Labute approximate surface area is 150 Å². The summed E-state index contributed by atoms with van der Waals surface area (Å²) in [6, 6.07) is 13.6. The van der Waals surface area contributed by atoms with Crippen molar-refractivity contribution in [1.82, 2.24) is 19.7 Å². The van der Waals surface area contributed by atoms with E-state index in [1.165, 1.54) is 5.56 Å². The van der Waals surface area contributed by atoms with Gasteiger partial charge in [0.05, 0.1) is 11.0 Å². The van der Waals surface area contributed by atoms with Gasteiger partial charge in [-0.15, -0.1) is 0 Å². The van der Waals surface area contributed by atoms with E-state index < -0.39 is 0 Å². The molecule has 0 bridgehead atoms. The summed E-state index contributed by atoms with van der Waals surface area (Å²) in [6.07, 6.45) is 0. The number of benzene rings is 2. The molecule has 0 spiro atoms. The molecular formula is C20H18N4O2. The number of rotatable bonds is 3. The smallest absolute Gasteiger partial charge is 0.272 e. The Hall–Kier alpha value is -3.28. The molecule has 4 rings (SSSR count). The van der Waals surface area contributed by atoms with Gasteiger partial charge in [-0.25, -0.2) is 4.98 Å². The summed E-state index contributed by atoms with van der Waals surface area (Å²) >= 11 is 0. The first-order valence-electron chi connectivity index (χ1n) is 8.49. The van der Waals surface area contributed by atoms with E-state index in [1.807, 2.05) is 56.3 Å². The van der Waals surface area contributed by atoms with Gasteiger partial charge < -0.3 is 9.09 Å². The van der Waals surface area contributed by atoms with Crippen LogP contribution < -0.4 is 5.56 Å². The van der Waals surface area contributed by atoms with Gasteiger partial charge in [-0.05, 0) is 51.1 Å². The number of fused-ring (bicyclic) bond motifs is 1. The predicted octanol–water partition coefficient (Wildman–Crippen LogP) is 3.75. The van der Waals surface area contributed by atoms with Crippen molar-refractivity contribution in [3.63, 3.8) is 0 Å². The Morgan fingerprint density at radius 3 is 2.46 bits per heavy atom. The Bertz CT molecular complexity index is 1160. The first kappa shape index (κ1) is 16.2. The van der Waals surface area contributed by atoms with Crippen LogP contribution in [0.15, 0.2) is 51.8 Å². The average Bonchev–Trinajstić information content (AvgIpc) is 3.13. The monoisotopic (exact) mass is 346 g/mol. The second-order valence-electron chi connectivity index (χ2n) is 6.24. The quantitative estimate of drug-likeness (QED) is 0.565. The molecule has 6 heteroatoms. The minimum absolute atomic E-state index is 0.0611. The van der Waals surface area contributed by atoms with E-state index in [1.54, 1.807) is 11.5 Å². The van der Waals surface area contributed by atoms with Gasteiger partial charge in [0.2, 0.25) is 5.82 Å². The molecule has 0 N–H and O–H groups in total. The molecule has 0 aliphatic rings. The lowest BCUT2D eigenvalue weighted by molar-refractivity contribution is 0.432. The predicted molar refractivity (Wildman–Crippen MR) is 99.9 cm³/mol. The van der Waals surface area contributed by atoms with Crippen molar-refractivity contribution in [1.29, 1.82) is 0 Å². The highest BCUT2D eigenvalue weighted by atomic mass is 16.5. The van der Waals surface area contributed by atoms with Crippen molar-refractivity contribution in [2.75, 3.05) is 0 Å². The number of aromatic nitrogens is 4. The van der Waals surface area contributed by atoms with Crippen molar-refractivity contribution < 1.29 is 4.52 Å². The van der Waals surface area contributed by atoms with Crippen molar-refractivity contribution in [2.45, 2.75) is 27.3 Å². The van der Waals surface area contributed by atoms with Crippen LogP contribution in [-0.2, 0) is 6.54 Å². The minimum Gasteiger partial charge on any atom is -0.334 e. The van der Waals surface area contributed by atoms with E-state index in [2.05, 4.69) is 15.1 Å². The van der Waals surface area contributed by atoms with Crippen molar-refractivity contribution >= 4 is 11.0 Å². The summed E-state index contributed by atoms with van der Waals surface area (Å²) in [7, 11) is 0. The Morgan fingerprint density at radius 2 is 1.73 bits per heavy atom. The summed E-state index contributed by atoms with van der Waals surface area (Å²) in [6.45, 7) is 6.30. The van der Waals surface area contributed by atoms with Gasteiger partial charge >= 0.3 is 0 Å². The molecule has 6 nitrogen and oxygen atoms in total. The number of aryl methyl sites for hydroxylation is 3. The van der Waals surface area contributed by atoms with Gasteiger partial charge in [0.25, 0.3) is 11.4 Å². The molecule has 0 fully saturated rings. The molecule has 26 heavy (non-hydrogen) atoms. The molecule has 0 atom stereocenters. The molecular weight excluding hydrogens is 328 g/mol. The lowest BCUT2D eigenvalue weighted by atomic mass is 10.1. The molecule has 0 aliphatic heterocycles. The first-order chi connectivity index (χ1) is 12.6. The normalized spacial score (nSPS) is 11.2. The van der Waals surface area contributed by atoms with Crippen molar-refractivity contribution in [2.24, 2.45) is 0 Å². The van der Waals surface area contributed by atoms with Gasteiger partial charge in [0.15, 0.2) is 0 Å². The number of hydrogen-bond donors (Lipinski definition) is 0. The Balaban J connectivity index is 1.79. The standard InChI is InChI=1S/C20H18N4O2/c1-4-24-17-10-9-15(11-16(17)21-13(3)20(24)25)18-22-19(26-23-18)14-7-5-12(2)6-8-14/h5-11H,4H2,1-3H3. The summed E-state index contributed by atoms with van der Waals surface area (Å²) in [5, 5.41) is 4.09. The average molecular weight is 346 g/mol. The van der Waals surface area contributed by atoms with E-state index >= 15 is 0 Å². The van der Waals surface area contributed by atoms with E-state index in [0.717, 1.165) is 22.2 Å². The second-order valence-corrected chi connectivity index (χ2v) is 6.24. The van der Waals surface area contributed by atoms with Gasteiger partial charge in [0, 0.05) is 17.7 Å². The van der Waals surface area contributed by atoms with Crippen LogP contribution in [-0.4, -0.2) is 19.7 Å². The fraction of sp³-hybridized carbons (Fsp3) is 0.200. The summed E-state index contributed by atoms with van der Waals surface area (Å²) in [5.74, 6) is 0.971. The minimum atomic E-state index is -0.0611. The zero-order chi connectivity index (χ0) is 18.3. The van der Waals surface area contributed by atoms with Crippen LogP contribution in [0.3, 0.4) is 0 Å². The van der Waals surface area contributed by atoms with Gasteiger partial charge in [0.1, 0.15) is 5.69 Å². The highest BCUT2D eigenvalue weighted by Crippen LogP contribution is 2.24. The maximum atomic E-state index is 12.2. The van der Waals surface area contributed by atoms with E-state index in [0.29, 0.717) is 24.0 Å². The van der Waals surface area contributed by atoms with Crippen molar-refractivity contribution in [3.05, 3.63) is 64.1 Å². The molecule has 0 saturated heterocycles. The van der Waals surface area contributed by atoms with Crippen LogP contribution >= 0.6 is 0 Å². The van der Waals surface area contributed by atoms with Crippen LogP contribution in [0, 0.1) is 13.8 Å². The molecule has 2 aromatic heterocycles. The SMILES string of the molecule is CCn1c(=O)c(C)nc2cc(-c3noc(-c4ccc(C)cc4)n3)ccc21. The second kappa shape index (κ2) is 6.22. The van der Waals surface area contributed by atoms with E-state index in [9.17, 15) is 4.79 Å². The van der Waals surface area contributed by atoms with Crippen LogP contribution in [0.2, 0.25) is 0 Å². The highest BCUT2D eigenvalue weighted by molar-refractivity contribution is 5.80. The molecule has 130 valence electrons. The van der Waals surface area contributed by atoms with Crippen LogP contribution in [0.25, 0.3) is 33.9 Å². The summed E-state index contributed by atoms with van der Waals surface area (Å²) < 4.78 is 7.13. The van der Waals surface area contributed by atoms with E-state index in [4.69, 9.17) is 4.52 Å². The molecule has 4 aromatic rings. The lowest BCUT2D eigenvalue weighted by Crippen LogP contribution is -2.23. The van der Waals surface area contributed by atoms with Crippen LogP contribution in [0.5, 0.6) is 0 Å². The third-order valence-electron chi connectivity index (χ3n) is 4.41. The molecule has 0 aliphatic carbocycles. The fourth-order valence-corrected chi connectivity index (χ4v) is 2.98. The lowest BCUT2D eigenvalue weighted by Gasteiger charge is -2.09. The largest absolute Gasteiger partial charge is 0.334 e. The Morgan fingerprint density at radius 1 is 1.00 bits per heavy atom. The fourth-order valence-electron chi connectivity index (χ4n) is 2.98. The zero-order valence-corrected chi connectivity index (χ0v) is 14.9. The highest BCUT2D eigenvalue weighted by Gasteiger charge is 2.13. The molecule has 0 amide bonds. The van der Waals surface area contributed by atoms with Crippen LogP contribution in [0.1, 0.15) is 18.2 Å². The molecule has 0 unspecified atom stereocenters. The summed E-state index contributed by atoms with van der Waals surface area (Å²) in [5.41, 5.74) is 4.80. The third-order valence-corrected chi connectivity index (χ3v) is 4.41. The zero-order valence-electron chi connectivity index (χ0n) is 14.9. The maximum Gasteiger partial charge on any atom is 0.272 e. The Kier molecular flexibility index (Phi) is 3.88. The van der Waals surface area contributed by atoms with Gasteiger partial charge in [-0.2, -0.15) is 4.98 Å². The van der Waals surface area contributed by atoms with Crippen LogP contribution in [0.4, 0.5) is 0 Å². The molecule has 0 radical (unpaired) electrons. The molecule has 0 saturated carbocycles. The van der Waals surface area contributed by atoms with Gasteiger partial charge in [-0.3, -0.25) is 4.79 Å². The summed E-state index contributed by atoms with van der Waals surface area (Å²) in [4.78, 5) is 21.1. The molecule has 2 aromatic carbocycles. The topological polar surface area (TPSA) is 73.8 Å². The first-order valence-corrected chi connectivity index (χ1v) is 8.49. The number of nitrogens with zero attached hydrogens (tertiary/aromatic N) is 4. The molecule has 2 heterocycles. The van der Waals surface area contributed by atoms with E-state index in [-0.39, 0.29) is 5.56 Å². The number of hydrogen-bond acceptors (Lipinski definition) is 5. The third kappa shape index (κ3) is 2.69. The maximum absolute atomic E-state index is 12.2. The van der Waals surface area contributed by atoms with Crippen molar-refractivity contribution in [3.8, 4) is 22.8 Å².